The van der Waals surface area contributed by atoms with Crippen molar-refractivity contribution in [3.05, 3.63) is 60.4 Å². The van der Waals surface area contributed by atoms with Gasteiger partial charge in [0, 0.05) is 12.1 Å². The number of benzene rings is 2. The molecule has 0 fully saturated rings. The Hall–Kier alpha value is -3.07. The minimum absolute atomic E-state index is 0.120. The maximum Gasteiger partial charge on any atom is 0.264 e. The van der Waals surface area contributed by atoms with Gasteiger partial charge in [-0.2, -0.15) is 0 Å². The smallest absolute Gasteiger partial charge is 0.264 e. The SMILES string of the molecule is C=CCOc1cccc(NS(=O)(=O)c2cc(C(N)=O)c(O)cc2F)c1. The van der Waals surface area contributed by atoms with E-state index in [2.05, 4.69) is 11.3 Å². The van der Waals surface area contributed by atoms with Crippen LogP contribution in [0.1, 0.15) is 10.4 Å². The van der Waals surface area contributed by atoms with E-state index in [0.717, 1.165) is 0 Å². The molecule has 0 bridgehead atoms. The summed E-state index contributed by atoms with van der Waals surface area (Å²) in [5.74, 6) is -2.68. The van der Waals surface area contributed by atoms with Gasteiger partial charge in [-0.05, 0) is 18.2 Å². The number of nitrogens with two attached hydrogens (primary N) is 1. The van der Waals surface area contributed by atoms with E-state index in [1.54, 1.807) is 6.07 Å². The fraction of sp³-hybridized carbons (Fsp3) is 0.0625. The van der Waals surface area contributed by atoms with Crippen molar-refractivity contribution in [2.75, 3.05) is 11.3 Å². The van der Waals surface area contributed by atoms with Gasteiger partial charge in [0.1, 0.15) is 28.8 Å². The summed E-state index contributed by atoms with van der Waals surface area (Å²) < 4.78 is 46.2. The number of primary amides is 1. The number of amides is 1. The fourth-order valence-electron chi connectivity index (χ4n) is 1.96. The van der Waals surface area contributed by atoms with Crippen LogP contribution in [0.25, 0.3) is 0 Å². The lowest BCUT2D eigenvalue weighted by Crippen LogP contribution is -2.17. The third kappa shape index (κ3) is 4.27. The van der Waals surface area contributed by atoms with E-state index in [4.69, 9.17) is 10.5 Å². The first-order valence-electron chi connectivity index (χ1n) is 6.93. The maximum atomic E-state index is 14.0. The van der Waals surface area contributed by atoms with Crippen LogP contribution >= 0.6 is 0 Å². The van der Waals surface area contributed by atoms with Gasteiger partial charge < -0.3 is 15.6 Å². The first-order chi connectivity index (χ1) is 11.7. The molecule has 0 radical (unpaired) electrons. The number of sulfonamides is 1. The Kier molecular flexibility index (Phi) is 5.28. The molecule has 1 amide bonds. The minimum Gasteiger partial charge on any atom is -0.507 e. The Morgan fingerprint density at radius 3 is 2.72 bits per heavy atom. The molecule has 0 aliphatic heterocycles. The Morgan fingerprint density at radius 2 is 2.08 bits per heavy atom. The quantitative estimate of drug-likeness (QED) is 0.648. The largest absolute Gasteiger partial charge is 0.507 e. The molecule has 2 aromatic carbocycles. The van der Waals surface area contributed by atoms with Crippen LogP contribution < -0.4 is 15.2 Å². The molecule has 2 aromatic rings. The number of ether oxygens (including phenoxy) is 1. The van der Waals surface area contributed by atoms with E-state index in [1.807, 2.05) is 0 Å². The molecule has 0 aliphatic carbocycles. The van der Waals surface area contributed by atoms with Crippen LogP contribution in [-0.4, -0.2) is 26.0 Å². The molecule has 0 aromatic heterocycles. The Balaban J connectivity index is 2.38. The standard InChI is InChI=1S/C16H15FN2O5S/c1-2-6-24-11-5-3-4-10(7-11)19-25(22,23)15-8-12(16(18)21)14(20)9-13(15)17/h2-5,7-9,19-20H,1,6H2,(H2,18,21). The van der Waals surface area contributed by atoms with Crippen LogP contribution in [0.4, 0.5) is 10.1 Å². The lowest BCUT2D eigenvalue weighted by molar-refractivity contribution is 0.0997. The molecule has 2 rings (SSSR count). The first-order valence-corrected chi connectivity index (χ1v) is 8.42. The molecule has 0 unspecified atom stereocenters. The molecule has 25 heavy (non-hydrogen) atoms. The predicted octanol–water partition coefficient (Wildman–Crippen LogP) is 2.00. The van der Waals surface area contributed by atoms with E-state index < -0.39 is 38.0 Å². The van der Waals surface area contributed by atoms with Gasteiger partial charge in [0.25, 0.3) is 15.9 Å². The summed E-state index contributed by atoms with van der Waals surface area (Å²) in [5, 5.41) is 9.48. The monoisotopic (exact) mass is 366 g/mol. The van der Waals surface area contributed by atoms with Crippen LogP contribution in [0.5, 0.6) is 11.5 Å². The normalized spacial score (nSPS) is 10.9. The number of aromatic hydroxyl groups is 1. The van der Waals surface area contributed by atoms with Gasteiger partial charge in [-0.15, -0.1) is 0 Å². The van der Waals surface area contributed by atoms with Gasteiger partial charge in [-0.25, -0.2) is 12.8 Å². The molecule has 0 atom stereocenters. The van der Waals surface area contributed by atoms with Gasteiger partial charge >= 0.3 is 0 Å². The molecule has 9 heteroatoms. The average molecular weight is 366 g/mol. The second-order valence-corrected chi connectivity index (χ2v) is 6.55. The van der Waals surface area contributed by atoms with Gasteiger partial charge in [-0.1, -0.05) is 18.7 Å². The molecule has 4 N–H and O–H groups in total. The molecule has 0 aliphatic rings. The van der Waals surface area contributed by atoms with Crippen molar-refractivity contribution in [3.63, 3.8) is 0 Å². The number of nitrogens with one attached hydrogen (secondary N) is 1. The zero-order valence-corrected chi connectivity index (χ0v) is 13.7. The van der Waals surface area contributed by atoms with Crippen molar-refractivity contribution >= 4 is 21.6 Å². The highest BCUT2D eigenvalue weighted by Gasteiger charge is 2.23. The van der Waals surface area contributed by atoms with E-state index in [0.29, 0.717) is 17.9 Å². The van der Waals surface area contributed by atoms with Crippen LogP contribution in [0, 0.1) is 5.82 Å². The number of anilines is 1. The van der Waals surface area contributed by atoms with Crippen LogP contribution in [-0.2, 0) is 10.0 Å². The molecule has 0 saturated heterocycles. The van der Waals surface area contributed by atoms with Crippen molar-refractivity contribution < 1.29 is 27.4 Å². The lowest BCUT2D eigenvalue weighted by Gasteiger charge is -2.12. The second kappa shape index (κ2) is 7.22. The summed E-state index contributed by atoms with van der Waals surface area (Å²) in [4.78, 5) is 10.4. The van der Waals surface area contributed by atoms with Crippen LogP contribution in [0.15, 0.2) is 53.9 Å². The topological polar surface area (TPSA) is 119 Å². The molecule has 7 nitrogen and oxygen atoms in total. The number of halogens is 1. The highest BCUT2D eigenvalue weighted by molar-refractivity contribution is 7.92. The minimum atomic E-state index is -4.37. The van der Waals surface area contributed by atoms with Crippen molar-refractivity contribution in [2.45, 2.75) is 4.90 Å². The number of hydrogen-bond donors (Lipinski definition) is 3. The molecular weight excluding hydrogens is 351 g/mol. The predicted molar refractivity (Wildman–Crippen MR) is 89.5 cm³/mol. The Bertz CT molecular complexity index is 928. The summed E-state index contributed by atoms with van der Waals surface area (Å²) in [6.07, 6.45) is 1.52. The molecule has 0 spiro atoms. The zero-order chi connectivity index (χ0) is 18.6. The number of rotatable bonds is 7. The van der Waals surface area contributed by atoms with Crippen LogP contribution in [0.3, 0.4) is 0 Å². The molecule has 132 valence electrons. The fourth-order valence-corrected chi connectivity index (χ4v) is 3.10. The first kappa shape index (κ1) is 18.3. The van der Waals surface area contributed by atoms with E-state index >= 15 is 0 Å². The molecule has 0 saturated carbocycles. The van der Waals surface area contributed by atoms with Crippen molar-refractivity contribution in [1.82, 2.24) is 0 Å². The number of carbonyl (C=O) groups excluding carboxylic acids is 1. The third-order valence-corrected chi connectivity index (χ3v) is 4.46. The highest BCUT2D eigenvalue weighted by Crippen LogP contribution is 2.27. The number of carbonyl (C=O) groups is 1. The van der Waals surface area contributed by atoms with E-state index in [1.165, 1.54) is 24.3 Å². The molecular formula is C16H15FN2O5S. The number of phenols is 1. The van der Waals surface area contributed by atoms with Gasteiger partial charge in [0.2, 0.25) is 0 Å². The van der Waals surface area contributed by atoms with Crippen LogP contribution in [0.2, 0.25) is 0 Å². The lowest BCUT2D eigenvalue weighted by atomic mass is 10.2. The van der Waals surface area contributed by atoms with Crippen molar-refractivity contribution in [3.8, 4) is 11.5 Å². The Labute approximate surface area is 143 Å². The van der Waals surface area contributed by atoms with Crippen molar-refractivity contribution in [1.29, 1.82) is 0 Å². The highest BCUT2D eigenvalue weighted by atomic mass is 32.2. The van der Waals surface area contributed by atoms with Gasteiger partial charge in [-0.3, -0.25) is 9.52 Å². The summed E-state index contributed by atoms with van der Waals surface area (Å²) in [5.41, 5.74) is 4.65. The summed E-state index contributed by atoms with van der Waals surface area (Å²) >= 11 is 0. The van der Waals surface area contributed by atoms with E-state index in [9.17, 15) is 22.7 Å². The van der Waals surface area contributed by atoms with Crippen molar-refractivity contribution in [2.24, 2.45) is 5.73 Å². The summed E-state index contributed by atoms with van der Waals surface area (Å²) in [6.45, 7) is 3.73. The third-order valence-electron chi connectivity index (χ3n) is 3.06. The van der Waals surface area contributed by atoms with Gasteiger partial charge in [0.05, 0.1) is 11.3 Å². The Morgan fingerprint density at radius 1 is 1.36 bits per heavy atom. The van der Waals surface area contributed by atoms with E-state index in [-0.39, 0.29) is 12.3 Å². The summed E-state index contributed by atoms with van der Waals surface area (Å²) in [6, 6.07) is 7.16. The number of hydrogen-bond acceptors (Lipinski definition) is 5. The van der Waals surface area contributed by atoms with Gasteiger partial charge in [0.15, 0.2) is 0 Å². The zero-order valence-electron chi connectivity index (χ0n) is 12.9. The summed E-state index contributed by atoms with van der Waals surface area (Å²) in [7, 11) is -4.37. The maximum absolute atomic E-state index is 14.0. The average Bonchev–Trinajstić information content (AvgIpc) is 2.52. The second-order valence-electron chi connectivity index (χ2n) is 4.90. The molecule has 0 heterocycles.